The van der Waals surface area contributed by atoms with Crippen molar-refractivity contribution in [2.75, 3.05) is 24.5 Å². The third-order valence-electron chi connectivity index (χ3n) is 21.3. The van der Waals surface area contributed by atoms with Gasteiger partial charge in [0.15, 0.2) is 0 Å². The second-order valence-corrected chi connectivity index (χ2v) is 28.3. The number of anilines is 15. The van der Waals surface area contributed by atoms with E-state index in [2.05, 4.69) is 388 Å². The van der Waals surface area contributed by atoms with Crippen LogP contribution < -0.4 is 57.3 Å². The van der Waals surface area contributed by atoms with Crippen LogP contribution in [0.25, 0.3) is 44.5 Å². The van der Waals surface area contributed by atoms with Gasteiger partial charge in [-0.05, 0) is 188 Å². The Hall–Kier alpha value is -13.1. The Morgan fingerprint density at radius 1 is 0.238 bits per heavy atom. The van der Waals surface area contributed by atoms with Gasteiger partial charge in [-0.1, -0.05) is 278 Å². The van der Waals surface area contributed by atoms with Crippen LogP contribution >= 0.6 is 11.8 Å². The third-order valence-corrected chi connectivity index (χ3v) is 22.4. The molecule has 0 spiro atoms. The van der Waals surface area contributed by atoms with Gasteiger partial charge >= 0.3 is 0 Å². The van der Waals surface area contributed by atoms with E-state index in [4.69, 9.17) is 0 Å². The van der Waals surface area contributed by atoms with Crippen molar-refractivity contribution in [2.45, 2.75) is 9.79 Å². The van der Waals surface area contributed by atoms with Crippen LogP contribution in [0.4, 0.5) is 89.7 Å². The highest BCUT2D eigenvalue weighted by Crippen LogP contribution is 2.55. The maximum absolute atomic E-state index is 17.5. The molecule has 105 heavy (non-hydrogen) atoms. The van der Waals surface area contributed by atoms with Gasteiger partial charge < -0.3 is 24.5 Å². The minimum Gasteiger partial charge on any atom is -0.311 e. The minimum atomic E-state index is -0.316. The van der Waals surface area contributed by atoms with E-state index in [1.807, 2.05) is 23.9 Å². The molecular formula is C96H64B2FN5S. The standard InChI is InChI=1S/C96H64B2FN5S/c99-71-57-80(69-33-13-3-14-34-69)96(81(58-71)70-35-15-4-16-36-70)104-88-64-92-85(63-84(88)97-82-45-25-27-47-86(82)102(74-41-21-7-22-42-74)89-59-78(60-90(104)94(89)97)100(72-37-17-5-18-38-72)73-39-19-6-20-40-73)98-83-46-26-28-48-87(83)103(75-43-23-8-24-44-75)91-61-79(62-93(105-92)95(91)98)101(76-53-49-67(50-54-76)65-29-9-1-10-30-65)77-55-51-68(52-56-77)66-31-11-2-12-32-66/h1-64H. The largest absolute Gasteiger partial charge is 0.311 e. The molecule has 0 aromatic heterocycles. The molecule has 0 aliphatic carbocycles. The first kappa shape index (κ1) is 61.8. The molecule has 0 bridgehead atoms. The van der Waals surface area contributed by atoms with E-state index < -0.39 is 0 Å². The van der Waals surface area contributed by atoms with Crippen LogP contribution in [0.3, 0.4) is 0 Å². The van der Waals surface area contributed by atoms with Crippen LogP contribution in [0.2, 0.25) is 0 Å². The lowest BCUT2D eigenvalue weighted by Crippen LogP contribution is -2.64. The number of nitrogens with zero attached hydrogens (tertiary/aromatic N) is 5. The first-order valence-electron chi connectivity index (χ1n) is 35.9. The molecule has 20 rings (SSSR count). The Morgan fingerprint density at radius 2 is 0.590 bits per heavy atom. The summed E-state index contributed by atoms with van der Waals surface area (Å²) in [5.41, 5.74) is 30.7. The SMILES string of the molecule is Fc1cc(-c2ccccc2)c(N2c3cc4c(cc3B3c5ccccc5N(c5ccccc5)c5cc(N(c6ccccc6)c6ccccc6)cc2c53)B2c3ccccc3N(c3ccccc3)c3cc(N(c5ccc(-c6ccccc6)cc5)c5ccc(-c6ccccc6)cc5)cc(c32)S4)c(-c2ccccc2)c1. The zero-order valence-electron chi connectivity index (χ0n) is 57.1. The van der Waals surface area contributed by atoms with Crippen LogP contribution in [0.1, 0.15) is 0 Å². The lowest BCUT2D eigenvalue weighted by Gasteiger charge is -2.46. The Bertz CT molecular complexity index is 5780. The molecule has 16 aromatic rings. The number of rotatable bonds is 13. The molecule has 492 valence electrons. The zero-order chi connectivity index (χ0) is 69.5. The highest BCUT2D eigenvalue weighted by molar-refractivity contribution is 8.00. The molecule has 4 aliphatic heterocycles. The molecule has 9 heteroatoms. The molecule has 5 nitrogen and oxygen atoms in total. The normalized spacial score (nSPS) is 12.7. The smallest absolute Gasteiger partial charge is 0.252 e. The number of fused-ring (bicyclic) bond motifs is 8. The summed E-state index contributed by atoms with van der Waals surface area (Å²) in [5, 5.41) is 0. The number of benzene rings is 16. The van der Waals surface area contributed by atoms with Gasteiger partial charge in [0.1, 0.15) is 5.82 Å². The fourth-order valence-electron chi connectivity index (χ4n) is 16.8. The summed E-state index contributed by atoms with van der Waals surface area (Å²) in [6, 6.07) is 140. The van der Waals surface area contributed by atoms with Crippen LogP contribution in [-0.2, 0) is 0 Å². The van der Waals surface area contributed by atoms with Crippen LogP contribution in [-0.4, -0.2) is 13.4 Å². The van der Waals surface area contributed by atoms with Crippen LogP contribution in [0.5, 0.6) is 0 Å². The average Bonchev–Trinajstić information content (AvgIpc) is 0.685. The second kappa shape index (κ2) is 25.8. The van der Waals surface area contributed by atoms with Crippen molar-refractivity contribution in [3.8, 4) is 44.5 Å². The topological polar surface area (TPSA) is 16.2 Å². The average molecular weight is 1360 g/mol. The van der Waals surface area contributed by atoms with E-state index >= 15 is 4.39 Å². The van der Waals surface area contributed by atoms with E-state index in [0.717, 1.165) is 139 Å². The summed E-state index contributed by atoms with van der Waals surface area (Å²) < 4.78 is 17.5. The summed E-state index contributed by atoms with van der Waals surface area (Å²) in [6.45, 7) is -0.472. The molecular weight excluding hydrogens is 1300 g/mol. The van der Waals surface area contributed by atoms with Gasteiger partial charge in [-0.3, -0.25) is 0 Å². The van der Waals surface area contributed by atoms with Gasteiger partial charge in [-0.15, -0.1) is 0 Å². The summed E-state index contributed by atoms with van der Waals surface area (Å²) >= 11 is 1.85. The maximum atomic E-state index is 17.5. The zero-order valence-corrected chi connectivity index (χ0v) is 57.9. The molecule has 16 aromatic carbocycles. The van der Waals surface area contributed by atoms with E-state index in [1.165, 1.54) is 33.0 Å². The molecule has 0 atom stereocenters. The first-order valence-corrected chi connectivity index (χ1v) is 36.7. The molecule has 0 saturated carbocycles. The van der Waals surface area contributed by atoms with Crippen molar-refractivity contribution >= 4 is 143 Å². The van der Waals surface area contributed by atoms with Crippen molar-refractivity contribution in [2.24, 2.45) is 0 Å². The minimum absolute atomic E-state index is 0.197. The lowest BCUT2D eigenvalue weighted by atomic mass is 9.31. The fourth-order valence-corrected chi connectivity index (χ4v) is 18.0. The van der Waals surface area contributed by atoms with Crippen LogP contribution in [0, 0.1) is 5.82 Å². The van der Waals surface area contributed by atoms with Crippen molar-refractivity contribution in [3.05, 3.63) is 394 Å². The number of halogens is 1. The van der Waals surface area contributed by atoms with Gasteiger partial charge in [0.25, 0.3) is 6.71 Å². The summed E-state index contributed by atoms with van der Waals surface area (Å²) in [4.78, 5) is 14.6. The van der Waals surface area contributed by atoms with Crippen molar-refractivity contribution < 1.29 is 4.39 Å². The first-order chi connectivity index (χ1) is 52.0. The highest BCUT2D eigenvalue weighted by Gasteiger charge is 2.48. The number of para-hydroxylation sites is 6. The highest BCUT2D eigenvalue weighted by atomic mass is 32.2. The molecule has 4 aliphatic rings. The fraction of sp³-hybridized carbons (Fsp3) is 0. The molecule has 0 unspecified atom stereocenters. The van der Waals surface area contributed by atoms with E-state index in [9.17, 15) is 0 Å². The summed E-state index contributed by atoms with van der Waals surface area (Å²) in [6.07, 6.45) is 0. The molecule has 0 amide bonds. The Labute approximate surface area is 616 Å². The summed E-state index contributed by atoms with van der Waals surface area (Å²) in [5.74, 6) is -0.316. The number of hydrogen-bond donors (Lipinski definition) is 0. The van der Waals surface area contributed by atoms with Crippen molar-refractivity contribution in [1.29, 1.82) is 0 Å². The quantitative estimate of drug-likeness (QED) is 0.106. The Morgan fingerprint density at radius 3 is 1.05 bits per heavy atom. The molecule has 0 radical (unpaired) electrons. The predicted molar refractivity (Wildman–Crippen MR) is 441 cm³/mol. The molecule has 4 heterocycles. The molecule has 0 N–H and O–H groups in total. The molecule has 0 fully saturated rings. The van der Waals surface area contributed by atoms with Gasteiger partial charge in [-0.25, -0.2) is 4.39 Å². The van der Waals surface area contributed by atoms with Crippen LogP contribution in [0.15, 0.2) is 398 Å². The van der Waals surface area contributed by atoms with Crippen molar-refractivity contribution in [1.82, 2.24) is 0 Å². The van der Waals surface area contributed by atoms with E-state index in [0.29, 0.717) is 0 Å². The van der Waals surface area contributed by atoms with Gasteiger partial charge in [0.05, 0.1) is 11.4 Å². The van der Waals surface area contributed by atoms with E-state index in [-0.39, 0.29) is 19.2 Å². The van der Waals surface area contributed by atoms with Gasteiger partial charge in [0, 0.05) is 94.9 Å². The predicted octanol–water partition coefficient (Wildman–Crippen LogP) is 22.3. The Kier molecular flexibility index (Phi) is 15.2. The number of hydrogen-bond acceptors (Lipinski definition) is 6. The molecule has 0 saturated heterocycles. The van der Waals surface area contributed by atoms with Gasteiger partial charge in [0.2, 0.25) is 6.71 Å². The Balaban J connectivity index is 0.885. The third kappa shape index (κ3) is 10.6. The van der Waals surface area contributed by atoms with Gasteiger partial charge in [-0.2, -0.15) is 0 Å². The monoisotopic (exact) mass is 1360 g/mol. The second-order valence-electron chi connectivity index (χ2n) is 27.2. The lowest BCUT2D eigenvalue weighted by molar-refractivity contribution is 0.629. The maximum Gasteiger partial charge on any atom is 0.252 e. The van der Waals surface area contributed by atoms with Crippen molar-refractivity contribution in [3.63, 3.8) is 0 Å². The van der Waals surface area contributed by atoms with E-state index in [1.54, 1.807) is 12.1 Å². The summed E-state index contributed by atoms with van der Waals surface area (Å²) in [7, 11) is 0.